The van der Waals surface area contributed by atoms with Crippen molar-refractivity contribution < 1.29 is 0 Å². The Morgan fingerprint density at radius 1 is 1.35 bits per heavy atom. The highest BCUT2D eigenvalue weighted by molar-refractivity contribution is 6.30. The normalized spacial score (nSPS) is 10.2. The maximum atomic E-state index is 11.5. The van der Waals surface area contributed by atoms with Crippen molar-refractivity contribution in [1.82, 2.24) is 14.5 Å². The molecule has 0 saturated heterocycles. The molecule has 0 spiro atoms. The van der Waals surface area contributed by atoms with E-state index in [-0.39, 0.29) is 5.69 Å². The third kappa shape index (κ3) is 2.82. The Bertz CT molecular complexity index is 564. The Hall–Kier alpha value is -1.88. The number of nitrogens with one attached hydrogen (secondary N) is 1. The fraction of sp³-hybridized carbons (Fsp3) is 0.182. The van der Waals surface area contributed by atoms with Crippen LogP contribution >= 0.6 is 11.6 Å². The van der Waals surface area contributed by atoms with E-state index in [0.717, 1.165) is 11.4 Å². The first kappa shape index (κ1) is 11.6. The maximum Gasteiger partial charge on any atom is 0.347 e. The number of anilines is 1. The molecular formula is C11H11ClN4O. The van der Waals surface area contributed by atoms with Crippen molar-refractivity contribution in [2.75, 3.05) is 12.4 Å². The molecule has 0 atom stereocenters. The van der Waals surface area contributed by atoms with E-state index in [9.17, 15) is 4.79 Å². The zero-order valence-corrected chi connectivity index (χ0v) is 9.98. The molecule has 2 aromatic heterocycles. The van der Waals surface area contributed by atoms with Gasteiger partial charge in [0.25, 0.3) is 0 Å². The standard InChI is InChI=1S/C11H11ClN4O/c1-13-10-3-2-8(4-14-10)6-16-7-9(12)5-15-11(16)17/h2-5,7H,6H2,1H3,(H,13,14). The minimum Gasteiger partial charge on any atom is -0.373 e. The molecule has 6 heteroatoms. The summed E-state index contributed by atoms with van der Waals surface area (Å²) in [7, 11) is 1.80. The van der Waals surface area contributed by atoms with Crippen molar-refractivity contribution in [3.05, 3.63) is 51.8 Å². The van der Waals surface area contributed by atoms with Crippen LogP contribution in [0.25, 0.3) is 0 Å². The highest BCUT2D eigenvalue weighted by Gasteiger charge is 2.00. The van der Waals surface area contributed by atoms with E-state index in [1.807, 2.05) is 12.1 Å². The Balaban J connectivity index is 2.25. The van der Waals surface area contributed by atoms with Crippen LogP contribution in [-0.2, 0) is 6.54 Å². The summed E-state index contributed by atoms with van der Waals surface area (Å²) in [6, 6.07) is 3.74. The van der Waals surface area contributed by atoms with Crippen LogP contribution in [0.5, 0.6) is 0 Å². The molecule has 0 unspecified atom stereocenters. The van der Waals surface area contributed by atoms with E-state index < -0.39 is 0 Å². The minimum absolute atomic E-state index is 0.327. The van der Waals surface area contributed by atoms with Crippen molar-refractivity contribution >= 4 is 17.4 Å². The summed E-state index contributed by atoms with van der Waals surface area (Å²) < 4.78 is 1.44. The van der Waals surface area contributed by atoms with E-state index in [1.165, 1.54) is 10.8 Å². The van der Waals surface area contributed by atoms with Gasteiger partial charge in [0.05, 0.1) is 17.8 Å². The van der Waals surface area contributed by atoms with Gasteiger partial charge in [0.2, 0.25) is 0 Å². The minimum atomic E-state index is -0.327. The molecule has 88 valence electrons. The van der Waals surface area contributed by atoms with Gasteiger partial charge in [-0.25, -0.2) is 14.8 Å². The number of pyridine rings is 1. The first-order valence-electron chi connectivity index (χ1n) is 5.04. The largest absolute Gasteiger partial charge is 0.373 e. The van der Waals surface area contributed by atoms with Gasteiger partial charge in [-0.3, -0.25) is 4.57 Å². The lowest BCUT2D eigenvalue weighted by molar-refractivity contribution is 0.725. The van der Waals surface area contributed by atoms with Gasteiger partial charge in [-0.2, -0.15) is 0 Å². The second-order valence-electron chi connectivity index (χ2n) is 3.48. The fourth-order valence-electron chi connectivity index (χ4n) is 1.40. The number of aromatic nitrogens is 3. The predicted octanol–water partition coefficient (Wildman–Crippen LogP) is 1.38. The molecule has 0 aliphatic rings. The molecule has 5 nitrogen and oxygen atoms in total. The van der Waals surface area contributed by atoms with Crippen LogP contribution in [0.4, 0.5) is 5.82 Å². The Morgan fingerprint density at radius 3 is 2.82 bits per heavy atom. The summed E-state index contributed by atoms with van der Waals surface area (Å²) in [6.07, 6.45) is 4.60. The molecule has 2 heterocycles. The number of rotatable bonds is 3. The number of hydrogen-bond acceptors (Lipinski definition) is 4. The average Bonchev–Trinajstić information content (AvgIpc) is 2.35. The van der Waals surface area contributed by atoms with Crippen molar-refractivity contribution in [3.63, 3.8) is 0 Å². The second-order valence-corrected chi connectivity index (χ2v) is 3.92. The van der Waals surface area contributed by atoms with E-state index in [4.69, 9.17) is 11.6 Å². The second kappa shape index (κ2) is 4.97. The lowest BCUT2D eigenvalue weighted by Gasteiger charge is -2.05. The van der Waals surface area contributed by atoms with Crippen LogP contribution in [0.1, 0.15) is 5.56 Å². The molecule has 1 N–H and O–H groups in total. The lowest BCUT2D eigenvalue weighted by atomic mass is 10.3. The van der Waals surface area contributed by atoms with E-state index in [1.54, 1.807) is 19.4 Å². The molecule has 0 aliphatic carbocycles. The van der Waals surface area contributed by atoms with Gasteiger partial charge in [-0.05, 0) is 11.6 Å². The average molecular weight is 251 g/mol. The van der Waals surface area contributed by atoms with Crippen LogP contribution < -0.4 is 11.0 Å². The summed E-state index contributed by atoms with van der Waals surface area (Å²) in [4.78, 5) is 19.3. The number of hydrogen-bond donors (Lipinski definition) is 1. The smallest absolute Gasteiger partial charge is 0.347 e. The molecule has 0 aromatic carbocycles. The fourth-order valence-corrected chi connectivity index (χ4v) is 1.57. The predicted molar refractivity (Wildman–Crippen MR) is 66.4 cm³/mol. The third-order valence-electron chi connectivity index (χ3n) is 2.26. The summed E-state index contributed by atoms with van der Waals surface area (Å²) >= 11 is 5.78. The van der Waals surface area contributed by atoms with Gasteiger partial charge in [-0.15, -0.1) is 0 Å². The van der Waals surface area contributed by atoms with Crippen molar-refractivity contribution in [2.45, 2.75) is 6.54 Å². The van der Waals surface area contributed by atoms with Crippen LogP contribution in [0.15, 0.2) is 35.5 Å². The highest BCUT2D eigenvalue weighted by atomic mass is 35.5. The molecule has 0 fully saturated rings. The van der Waals surface area contributed by atoms with Gasteiger partial charge >= 0.3 is 5.69 Å². The molecule has 2 rings (SSSR count). The van der Waals surface area contributed by atoms with Gasteiger partial charge in [0.1, 0.15) is 5.82 Å². The van der Waals surface area contributed by atoms with Crippen LogP contribution in [0.3, 0.4) is 0 Å². The zero-order valence-electron chi connectivity index (χ0n) is 9.22. The van der Waals surface area contributed by atoms with E-state index in [0.29, 0.717) is 11.6 Å². The highest BCUT2D eigenvalue weighted by Crippen LogP contribution is 2.07. The van der Waals surface area contributed by atoms with Crippen molar-refractivity contribution in [1.29, 1.82) is 0 Å². The first-order chi connectivity index (χ1) is 8.19. The topological polar surface area (TPSA) is 59.8 Å². The quantitative estimate of drug-likeness (QED) is 0.894. The monoisotopic (exact) mass is 250 g/mol. The molecule has 17 heavy (non-hydrogen) atoms. The molecule has 0 aliphatic heterocycles. The third-order valence-corrected chi connectivity index (χ3v) is 2.45. The van der Waals surface area contributed by atoms with E-state index in [2.05, 4.69) is 15.3 Å². The van der Waals surface area contributed by atoms with Gasteiger partial charge in [0, 0.05) is 19.4 Å². The van der Waals surface area contributed by atoms with Gasteiger partial charge in [-0.1, -0.05) is 17.7 Å². The van der Waals surface area contributed by atoms with Crippen molar-refractivity contribution in [2.24, 2.45) is 0 Å². The van der Waals surface area contributed by atoms with Crippen LogP contribution in [0.2, 0.25) is 5.02 Å². The van der Waals surface area contributed by atoms with Gasteiger partial charge < -0.3 is 5.32 Å². The summed E-state index contributed by atoms with van der Waals surface area (Å²) in [5, 5.41) is 3.36. The summed E-state index contributed by atoms with van der Waals surface area (Å²) in [5.74, 6) is 0.783. The Morgan fingerprint density at radius 2 is 2.18 bits per heavy atom. The SMILES string of the molecule is CNc1ccc(Cn2cc(Cl)cnc2=O)cn1. The molecule has 0 bridgehead atoms. The van der Waals surface area contributed by atoms with Crippen molar-refractivity contribution in [3.8, 4) is 0 Å². The van der Waals surface area contributed by atoms with Crippen LogP contribution in [-0.4, -0.2) is 21.6 Å². The molecule has 0 radical (unpaired) electrons. The molecule has 0 saturated carbocycles. The molecular weight excluding hydrogens is 240 g/mol. The molecule has 2 aromatic rings. The number of nitrogens with zero attached hydrogens (tertiary/aromatic N) is 3. The zero-order chi connectivity index (χ0) is 12.3. The lowest BCUT2D eigenvalue weighted by Crippen LogP contribution is -2.22. The summed E-state index contributed by atoms with van der Waals surface area (Å²) in [5.41, 5.74) is 0.585. The maximum absolute atomic E-state index is 11.5. The van der Waals surface area contributed by atoms with Crippen LogP contribution in [0, 0.1) is 0 Å². The number of halogens is 1. The summed E-state index contributed by atoms with van der Waals surface area (Å²) in [6.45, 7) is 0.406. The van der Waals surface area contributed by atoms with E-state index >= 15 is 0 Å². The first-order valence-corrected chi connectivity index (χ1v) is 5.41. The Kier molecular flexibility index (Phi) is 3.39. The Labute approximate surface area is 103 Å². The van der Waals surface area contributed by atoms with Gasteiger partial charge in [0.15, 0.2) is 0 Å². The molecule has 0 amide bonds.